The molecule has 0 aromatic carbocycles. The lowest BCUT2D eigenvalue weighted by molar-refractivity contribution is 0.117. The maximum absolute atomic E-state index is 7.22. The van der Waals surface area contributed by atoms with Crippen molar-refractivity contribution in [2.45, 2.75) is 109 Å². The molecule has 0 aliphatic heterocycles. The Labute approximate surface area is 233 Å². The van der Waals surface area contributed by atoms with Crippen LogP contribution in [0, 0.1) is 58.7 Å². The van der Waals surface area contributed by atoms with E-state index in [0.29, 0.717) is 11.8 Å². The third-order valence-corrected chi connectivity index (χ3v) is 11.8. The van der Waals surface area contributed by atoms with E-state index in [2.05, 4.69) is 48.6 Å². The quantitative estimate of drug-likeness (QED) is 0.200. The molecule has 1 nitrogen and oxygen atoms in total. The van der Waals surface area contributed by atoms with E-state index in [1.165, 1.54) is 103 Å². The largest absolute Gasteiger partial charge is 0.313 e. The minimum Gasteiger partial charge on any atom is -0.313 e. The number of hydrogen-bond acceptors (Lipinski definition) is 1. The fraction of sp³-hybridized carbons (Fsp3) is 0.703. The van der Waals surface area contributed by atoms with Gasteiger partial charge in [0.2, 0.25) is 0 Å². The summed E-state index contributed by atoms with van der Waals surface area (Å²) in [7, 11) is 0. The summed E-state index contributed by atoms with van der Waals surface area (Å²) in [6, 6.07) is 0. The normalized spacial score (nSPS) is 41.2. The second kappa shape index (κ2) is 12.7. The topological polar surface area (TPSA) is 23.9 Å². The molecule has 0 radical (unpaired) electrons. The van der Waals surface area contributed by atoms with Crippen LogP contribution >= 0.6 is 0 Å². The molecule has 38 heavy (non-hydrogen) atoms. The fourth-order valence-corrected chi connectivity index (χ4v) is 9.88. The van der Waals surface area contributed by atoms with Gasteiger partial charge in [0.05, 0.1) is 0 Å². The Hall–Kier alpha value is -1.63. The summed E-state index contributed by atoms with van der Waals surface area (Å²) >= 11 is 0. The van der Waals surface area contributed by atoms with Crippen LogP contribution in [0.5, 0.6) is 0 Å². The smallest absolute Gasteiger partial charge is 0.00111 e. The summed E-state index contributed by atoms with van der Waals surface area (Å²) in [5.41, 5.74) is 3.64. The van der Waals surface area contributed by atoms with Crippen LogP contribution in [0.2, 0.25) is 0 Å². The predicted octanol–water partition coefficient (Wildman–Crippen LogP) is 10.4. The predicted molar refractivity (Wildman–Crippen MR) is 162 cm³/mol. The highest BCUT2D eigenvalue weighted by Gasteiger charge is 2.42. The van der Waals surface area contributed by atoms with E-state index in [-0.39, 0.29) is 0 Å². The van der Waals surface area contributed by atoms with Crippen molar-refractivity contribution in [3.63, 3.8) is 0 Å². The molecule has 1 heteroatoms. The molecule has 0 aromatic heterocycles. The molecule has 0 saturated heterocycles. The fourth-order valence-electron chi connectivity index (χ4n) is 9.88. The molecular formula is C37H53N. The molecular weight excluding hydrogens is 458 g/mol. The molecule has 0 amide bonds. The van der Waals surface area contributed by atoms with Crippen LogP contribution in [0.25, 0.3) is 0 Å². The molecule has 1 N–H and O–H groups in total. The first-order valence-electron chi connectivity index (χ1n) is 16.7. The van der Waals surface area contributed by atoms with Gasteiger partial charge in [0.15, 0.2) is 0 Å². The molecule has 2 fully saturated rings. The average molecular weight is 512 g/mol. The van der Waals surface area contributed by atoms with Gasteiger partial charge in [-0.25, -0.2) is 0 Å². The minimum absolute atomic E-state index is 0.684. The van der Waals surface area contributed by atoms with Crippen LogP contribution in [-0.2, 0) is 0 Å². The first-order valence-corrected chi connectivity index (χ1v) is 16.7. The first-order chi connectivity index (χ1) is 18.8. The van der Waals surface area contributed by atoms with E-state index < -0.39 is 0 Å². The third-order valence-electron chi connectivity index (χ3n) is 11.8. The maximum Gasteiger partial charge on any atom is 0.00111 e. The van der Waals surface area contributed by atoms with Gasteiger partial charge < -0.3 is 5.41 Å². The standard InChI is InChI=1S/C37H53N/c38-26-7-1-2-9-27-16-18-29(19-17-27)34-24-25-35(37-14-6-5-13-36(34)37)31-22-20-30(21-23-31)33-15-8-11-28-10-3-4-12-32(28)33/h2,6,9,14,18,20,24-28,31-38H,1,3-5,7-8,10-13,15-17,19,21-23H2/b9-2+,38-26?. The van der Waals surface area contributed by atoms with Crippen LogP contribution in [0.4, 0.5) is 0 Å². The highest BCUT2D eigenvalue weighted by molar-refractivity contribution is 5.52. The van der Waals surface area contributed by atoms with E-state index in [4.69, 9.17) is 5.41 Å². The van der Waals surface area contributed by atoms with Gasteiger partial charge >= 0.3 is 0 Å². The van der Waals surface area contributed by atoms with Crippen molar-refractivity contribution >= 4 is 6.21 Å². The van der Waals surface area contributed by atoms with Crippen molar-refractivity contribution in [1.29, 1.82) is 5.41 Å². The van der Waals surface area contributed by atoms with Crippen LogP contribution in [0.15, 0.2) is 59.8 Å². The Morgan fingerprint density at radius 3 is 2.42 bits per heavy atom. The number of nitrogens with one attached hydrogen (secondary N) is 1. The molecule has 9 atom stereocenters. The van der Waals surface area contributed by atoms with Crippen molar-refractivity contribution in [1.82, 2.24) is 0 Å². The molecule has 6 rings (SSSR count). The van der Waals surface area contributed by atoms with Gasteiger partial charge in [0.25, 0.3) is 0 Å². The Bertz CT molecular complexity index is 959. The van der Waals surface area contributed by atoms with Gasteiger partial charge in [-0.3, -0.25) is 0 Å². The van der Waals surface area contributed by atoms with Gasteiger partial charge in [-0.2, -0.15) is 0 Å². The minimum atomic E-state index is 0.684. The van der Waals surface area contributed by atoms with E-state index in [1.807, 2.05) is 5.57 Å². The Kier molecular flexibility index (Phi) is 8.88. The van der Waals surface area contributed by atoms with E-state index in [1.54, 1.807) is 5.57 Å². The Balaban J connectivity index is 1.11. The number of allylic oxidation sites excluding steroid dienone is 10. The molecule has 0 aromatic rings. The lowest BCUT2D eigenvalue weighted by Crippen LogP contribution is -2.37. The van der Waals surface area contributed by atoms with Gasteiger partial charge in [-0.1, -0.05) is 91.9 Å². The number of unbranched alkanes of at least 4 members (excludes halogenated alkanes) is 1. The number of fused-ring (bicyclic) bond motifs is 2. The number of hydrogen-bond donors (Lipinski definition) is 1. The first kappa shape index (κ1) is 26.6. The summed E-state index contributed by atoms with van der Waals surface area (Å²) < 4.78 is 0. The summed E-state index contributed by atoms with van der Waals surface area (Å²) in [6.07, 6.45) is 45.4. The van der Waals surface area contributed by atoms with Gasteiger partial charge in [0.1, 0.15) is 0 Å². The van der Waals surface area contributed by atoms with Crippen molar-refractivity contribution < 1.29 is 0 Å². The zero-order valence-electron chi connectivity index (χ0n) is 23.9. The van der Waals surface area contributed by atoms with Crippen molar-refractivity contribution in [2.75, 3.05) is 0 Å². The summed E-state index contributed by atoms with van der Waals surface area (Å²) in [5, 5.41) is 7.22. The second-order valence-corrected chi connectivity index (χ2v) is 13.8. The second-order valence-electron chi connectivity index (χ2n) is 13.8. The Morgan fingerprint density at radius 2 is 1.58 bits per heavy atom. The third kappa shape index (κ3) is 5.78. The van der Waals surface area contributed by atoms with Crippen LogP contribution in [0.1, 0.15) is 109 Å². The molecule has 2 saturated carbocycles. The molecule has 0 heterocycles. The summed E-state index contributed by atoms with van der Waals surface area (Å²) in [4.78, 5) is 0. The molecule has 0 spiro atoms. The van der Waals surface area contributed by atoms with Gasteiger partial charge in [-0.15, -0.1) is 0 Å². The zero-order chi connectivity index (χ0) is 25.7. The monoisotopic (exact) mass is 511 g/mol. The van der Waals surface area contributed by atoms with Crippen LogP contribution < -0.4 is 0 Å². The van der Waals surface area contributed by atoms with Gasteiger partial charge in [0, 0.05) is 5.92 Å². The maximum atomic E-state index is 7.22. The van der Waals surface area contributed by atoms with Gasteiger partial charge in [-0.05, 0) is 131 Å². The van der Waals surface area contributed by atoms with Crippen molar-refractivity contribution in [3.8, 4) is 0 Å². The lowest BCUT2D eigenvalue weighted by Gasteiger charge is -2.46. The number of rotatable bonds is 7. The highest BCUT2D eigenvalue weighted by atomic mass is 14.5. The lowest BCUT2D eigenvalue weighted by atomic mass is 9.58. The van der Waals surface area contributed by atoms with Crippen molar-refractivity contribution in [2.24, 2.45) is 53.3 Å². The molecule has 0 bridgehead atoms. The highest BCUT2D eigenvalue weighted by Crippen LogP contribution is 2.52. The molecule has 6 aliphatic carbocycles. The summed E-state index contributed by atoms with van der Waals surface area (Å²) in [5.74, 6) is 7.62. The zero-order valence-corrected chi connectivity index (χ0v) is 23.9. The molecule has 9 unspecified atom stereocenters. The Morgan fingerprint density at radius 1 is 0.711 bits per heavy atom. The van der Waals surface area contributed by atoms with E-state index >= 15 is 0 Å². The van der Waals surface area contributed by atoms with E-state index in [9.17, 15) is 0 Å². The van der Waals surface area contributed by atoms with Crippen LogP contribution in [-0.4, -0.2) is 6.21 Å². The van der Waals surface area contributed by atoms with E-state index in [0.717, 1.165) is 54.3 Å². The average Bonchev–Trinajstić information content (AvgIpc) is 2.99. The molecule has 206 valence electrons. The SMILES string of the molecule is N=CCC/C=C/C1CC=C(C2C=CC(C3CC=C(C4CCCC5CCCCC54)CC3)C3C=CCCC23)CC1. The summed E-state index contributed by atoms with van der Waals surface area (Å²) in [6.45, 7) is 0. The molecule has 6 aliphatic rings. The van der Waals surface area contributed by atoms with Crippen LogP contribution in [0.3, 0.4) is 0 Å². The van der Waals surface area contributed by atoms with Crippen molar-refractivity contribution in [3.05, 3.63) is 59.8 Å².